The lowest BCUT2D eigenvalue weighted by Crippen LogP contribution is -2.14. The number of anilines is 3. The summed E-state index contributed by atoms with van der Waals surface area (Å²) in [6, 6.07) is 10.9. The van der Waals surface area contributed by atoms with Gasteiger partial charge in [-0.25, -0.2) is 9.97 Å². The van der Waals surface area contributed by atoms with Crippen molar-refractivity contribution in [1.82, 2.24) is 9.97 Å². The van der Waals surface area contributed by atoms with Crippen LogP contribution in [0.5, 0.6) is 11.5 Å². The molecule has 28 heavy (non-hydrogen) atoms. The van der Waals surface area contributed by atoms with E-state index in [0.29, 0.717) is 33.7 Å². The number of amides is 1. The molecule has 2 aromatic carbocycles. The second-order valence-electron chi connectivity index (χ2n) is 5.92. The molecule has 0 aliphatic carbocycles. The summed E-state index contributed by atoms with van der Waals surface area (Å²) in [5, 5.41) is 6.30. The molecule has 1 heterocycles. The van der Waals surface area contributed by atoms with Gasteiger partial charge >= 0.3 is 0 Å². The van der Waals surface area contributed by atoms with E-state index in [1.165, 1.54) is 26.6 Å². The van der Waals surface area contributed by atoms with E-state index in [2.05, 4.69) is 20.6 Å². The Bertz CT molecular complexity index is 993. The van der Waals surface area contributed by atoms with Gasteiger partial charge in [0.05, 0.1) is 37.3 Å². The van der Waals surface area contributed by atoms with Gasteiger partial charge in [0, 0.05) is 17.8 Å². The second kappa shape index (κ2) is 8.58. The number of halogens is 1. The maximum atomic E-state index is 12.3. The van der Waals surface area contributed by atoms with Gasteiger partial charge in [-0.1, -0.05) is 23.7 Å². The van der Waals surface area contributed by atoms with Crippen molar-refractivity contribution in [2.24, 2.45) is 0 Å². The predicted octanol–water partition coefficient (Wildman–Crippen LogP) is 4.45. The SMILES string of the molecule is COc1cc(Nc2cnc(C(=O)Nc3cccc(C)c3)cn2)c(OC)cc1Cl. The van der Waals surface area contributed by atoms with Crippen LogP contribution in [0.1, 0.15) is 16.1 Å². The zero-order valence-electron chi connectivity index (χ0n) is 15.6. The highest BCUT2D eigenvalue weighted by molar-refractivity contribution is 6.32. The molecular weight excluding hydrogens is 380 g/mol. The van der Waals surface area contributed by atoms with E-state index in [9.17, 15) is 4.79 Å². The molecule has 0 bridgehead atoms. The lowest BCUT2D eigenvalue weighted by molar-refractivity contribution is 0.102. The Balaban J connectivity index is 1.75. The molecule has 0 radical (unpaired) electrons. The Morgan fingerprint density at radius 1 is 1.04 bits per heavy atom. The number of carbonyl (C=O) groups is 1. The molecular formula is C20H19ClN4O3. The molecule has 7 nitrogen and oxygen atoms in total. The summed E-state index contributed by atoms with van der Waals surface area (Å²) in [6.45, 7) is 1.95. The Hall–Kier alpha value is -3.32. The third-order valence-electron chi connectivity index (χ3n) is 3.90. The molecule has 0 saturated heterocycles. The van der Waals surface area contributed by atoms with Crippen molar-refractivity contribution < 1.29 is 14.3 Å². The van der Waals surface area contributed by atoms with Gasteiger partial charge in [-0.05, 0) is 24.6 Å². The Kier molecular flexibility index (Phi) is 5.96. The number of carbonyl (C=O) groups excluding carboxylic acids is 1. The van der Waals surface area contributed by atoms with Crippen molar-refractivity contribution in [3.63, 3.8) is 0 Å². The molecule has 1 amide bonds. The van der Waals surface area contributed by atoms with Crippen LogP contribution in [0.4, 0.5) is 17.2 Å². The zero-order valence-corrected chi connectivity index (χ0v) is 16.4. The molecule has 3 rings (SSSR count). The van der Waals surface area contributed by atoms with Crippen LogP contribution in [0.2, 0.25) is 5.02 Å². The topological polar surface area (TPSA) is 85.4 Å². The van der Waals surface area contributed by atoms with Gasteiger partial charge in [0.25, 0.3) is 5.91 Å². The van der Waals surface area contributed by atoms with Crippen LogP contribution in [-0.2, 0) is 0 Å². The lowest BCUT2D eigenvalue weighted by atomic mass is 10.2. The quantitative estimate of drug-likeness (QED) is 0.638. The number of benzene rings is 2. The van der Waals surface area contributed by atoms with Crippen LogP contribution in [0, 0.1) is 6.92 Å². The number of aromatic nitrogens is 2. The minimum absolute atomic E-state index is 0.202. The van der Waals surface area contributed by atoms with Crippen LogP contribution in [-0.4, -0.2) is 30.1 Å². The summed E-state index contributed by atoms with van der Waals surface area (Å²) in [5.41, 5.74) is 2.56. The van der Waals surface area contributed by atoms with E-state index in [-0.39, 0.29) is 11.6 Å². The molecule has 2 N–H and O–H groups in total. The number of nitrogens with one attached hydrogen (secondary N) is 2. The maximum absolute atomic E-state index is 12.3. The lowest BCUT2D eigenvalue weighted by Gasteiger charge is -2.13. The van der Waals surface area contributed by atoms with Crippen molar-refractivity contribution in [1.29, 1.82) is 0 Å². The highest BCUT2D eigenvalue weighted by Crippen LogP contribution is 2.36. The number of hydrogen-bond acceptors (Lipinski definition) is 6. The molecule has 0 saturated carbocycles. The van der Waals surface area contributed by atoms with E-state index in [1.54, 1.807) is 12.1 Å². The van der Waals surface area contributed by atoms with Gasteiger partial charge in [-0.3, -0.25) is 4.79 Å². The molecule has 0 aliphatic heterocycles. The largest absolute Gasteiger partial charge is 0.495 e. The average Bonchev–Trinajstić information content (AvgIpc) is 2.69. The minimum atomic E-state index is -0.338. The first kappa shape index (κ1) is 19.4. The van der Waals surface area contributed by atoms with Crippen LogP contribution < -0.4 is 20.1 Å². The summed E-state index contributed by atoms with van der Waals surface area (Å²) in [6.07, 6.45) is 2.86. The third-order valence-corrected chi connectivity index (χ3v) is 4.19. The fraction of sp³-hybridized carbons (Fsp3) is 0.150. The van der Waals surface area contributed by atoms with Crippen LogP contribution in [0.15, 0.2) is 48.8 Å². The van der Waals surface area contributed by atoms with Gasteiger partial charge in [-0.2, -0.15) is 0 Å². The van der Waals surface area contributed by atoms with Crippen molar-refractivity contribution in [3.05, 3.63) is 65.1 Å². The normalized spacial score (nSPS) is 10.3. The number of rotatable bonds is 6. The Morgan fingerprint density at radius 3 is 2.46 bits per heavy atom. The van der Waals surface area contributed by atoms with Crippen LogP contribution in [0.25, 0.3) is 0 Å². The number of hydrogen-bond donors (Lipinski definition) is 2. The number of ether oxygens (including phenoxy) is 2. The standard InChI is InChI=1S/C20H19ClN4O3/c1-12-5-4-6-13(7-12)24-20(26)16-10-23-19(11-22-16)25-15-9-17(27-2)14(21)8-18(15)28-3/h4-11H,1-3H3,(H,23,25)(H,24,26). The summed E-state index contributed by atoms with van der Waals surface area (Å²) in [7, 11) is 3.06. The third kappa shape index (κ3) is 4.50. The average molecular weight is 399 g/mol. The van der Waals surface area contributed by atoms with E-state index in [4.69, 9.17) is 21.1 Å². The summed E-state index contributed by atoms with van der Waals surface area (Å²) in [4.78, 5) is 20.7. The molecule has 0 aliphatic rings. The summed E-state index contributed by atoms with van der Waals surface area (Å²) in [5.74, 6) is 1.12. The van der Waals surface area contributed by atoms with E-state index >= 15 is 0 Å². The van der Waals surface area contributed by atoms with Crippen molar-refractivity contribution in [2.45, 2.75) is 6.92 Å². The van der Waals surface area contributed by atoms with Crippen LogP contribution >= 0.6 is 11.6 Å². The number of aryl methyl sites for hydroxylation is 1. The Labute approximate surface area is 167 Å². The Morgan fingerprint density at radius 2 is 1.82 bits per heavy atom. The first-order valence-electron chi connectivity index (χ1n) is 8.38. The smallest absolute Gasteiger partial charge is 0.275 e. The van der Waals surface area contributed by atoms with Crippen molar-refractivity contribution in [3.8, 4) is 11.5 Å². The van der Waals surface area contributed by atoms with Crippen LogP contribution in [0.3, 0.4) is 0 Å². The highest BCUT2D eigenvalue weighted by atomic mass is 35.5. The molecule has 144 valence electrons. The number of methoxy groups -OCH3 is 2. The number of nitrogens with zero attached hydrogens (tertiary/aromatic N) is 2. The second-order valence-corrected chi connectivity index (χ2v) is 6.33. The van der Waals surface area contributed by atoms with Gasteiger partial charge < -0.3 is 20.1 Å². The molecule has 3 aromatic rings. The predicted molar refractivity (Wildman–Crippen MR) is 109 cm³/mol. The summed E-state index contributed by atoms with van der Waals surface area (Å²) < 4.78 is 10.5. The monoisotopic (exact) mass is 398 g/mol. The molecule has 0 unspecified atom stereocenters. The van der Waals surface area contributed by atoms with Gasteiger partial charge in [0.15, 0.2) is 0 Å². The fourth-order valence-corrected chi connectivity index (χ4v) is 2.75. The van der Waals surface area contributed by atoms with Gasteiger partial charge in [-0.15, -0.1) is 0 Å². The van der Waals surface area contributed by atoms with Crippen molar-refractivity contribution in [2.75, 3.05) is 24.9 Å². The first-order valence-corrected chi connectivity index (χ1v) is 8.76. The summed E-state index contributed by atoms with van der Waals surface area (Å²) >= 11 is 6.11. The molecule has 0 fully saturated rings. The molecule has 0 atom stereocenters. The first-order chi connectivity index (χ1) is 13.5. The van der Waals surface area contributed by atoms with Gasteiger partial charge in [0.2, 0.25) is 0 Å². The minimum Gasteiger partial charge on any atom is -0.495 e. The zero-order chi connectivity index (χ0) is 20.1. The molecule has 8 heteroatoms. The highest BCUT2D eigenvalue weighted by Gasteiger charge is 2.12. The fourth-order valence-electron chi connectivity index (χ4n) is 2.52. The van der Waals surface area contributed by atoms with Gasteiger partial charge in [0.1, 0.15) is 23.0 Å². The van der Waals surface area contributed by atoms with E-state index in [1.807, 2.05) is 31.2 Å². The van der Waals surface area contributed by atoms with Crippen molar-refractivity contribution >= 4 is 34.7 Å². The van der Waals surface area contributed by atoms with E-state index < -0.39 is 0 Å². The molecule has 0 spiro atoms. The molecule has 1 aromatic heterocycles. The maximum Gasteiger partial charge on any atom is 0.275 e. The van der Waals surface area contributed by atoms with E-state index in [0.717, 1.165) is 5.56 Å².